The molecule has 6 nitrogen and oxygen atoms in total. The molecule has 0 saturated heterocycles. The maximum Gasteiger partial charge on any atom is 0.328 e. The smallest absolute Gasteiger partial charge is 0.328 e. The van der Waals surface area contributed by atoms with E-state index in [1.807, 2.05) is 7.05 Å². The van der Waals surface area contributed by atoms with E-state index in [1.165, 1.54) is 24.8 Å². The van der Waals surface area contributed by atoms with E-state index < -0.39 is 11.9 Å². The van der Waals surface area contributed by atoms with E-state index in [0.29, 0.717) is 17.6 Å². The summed E-state index contributed by atoms with van der Waals surface area (Å²) in [5.41, 5.74) is 1.83. The molecule has 6 heteroatoms. The zero-order valence-corrected chi connectivity index (χ0v) is 17.8. The number of carboxylic acid groups (broad SMARTS) is 2. The van der Waals surface area contributed by atoms with E-state index in [4.69, 9.17) is 14.9 Å². The molecule has 2 aliphatic rings. The molecular weight excluding hydrogens is 370 g/mol. The highest BCUT2D eigenvalue weighted by atomic mass is 16.5. The van der Waals surface area contributed by atoms with Crippen molar-refractivity contribution in [2.24, 2.45) is 16.7 Å². The summed E-state index contributed by atoms with van der Waals surface area (Å²) in [5, 5.41) is 18.8. The summed E-state index contributed by atoms with van der Waals surface area (Å²) in [6, 6.07) is 10.9. The van der Waals surface area contributed by atoms with Gasteiger partial charge in [0.2, 0.25) is 0 Å². The first-order chi connectivity index (χ1) is 13.6. The number of rotatable bonds is 7. The zero-order valence-electron chi connectivity index (χ0n) is 17.8. The lowest BCUT2D eigenvalue weighted by Crippen LogP contribution is -2.47. The van der Waals surface area contributed by atoms with Crippen LogP contribution in [0.15, 0.2) is 42.5 Å². The summed E-state index contributed by atoms with van der Waals surface area (Å²) in [7, 11) is 1.99. The highest BCUT2D eigenvalue weighted by Gasteiger charge is 2.69. The normalized spacial score (nSPS) is 29.4. The second kappa shape index (κ2) is 9.09. The Kier molecular flexibility index (Phi) is 7.25. The molecule has 0 amide bonds. The Bertz CT molecular complexity index is 729. The molecule has 29 heavy (non-hydrogen) atoms. The first-order valence-electron chi connectivity index (χ1n) is 10.1. The summed E-state index contributed by atoms with van der Waals surface area (Å²) in [6.07, 6.45) is 4.92. The summed E-state index contributed by atoms with van der Waals surface area (Å²) in [5.74, 6) is -1.74. The van der Waals surface area contributed by atoms with Crippen LogP contribution in [0.1, 0.15) is 45.6 Å². The number of fused-ring (bicyclic) bond motifs is 2. The monoisotopic (exact) mass is 403 g/mol. The summed E-state index contributed by atoms with van der Waals surface area (Å²) < 4.78 is 6.63. The van der Waals surface area contributed by atoms with Crippen LogP contribution in [0.5, 0.6) is 0 Å². The molecule has 0 aliphatic heterocycles. The van der Waals surface area contributed by atoms with Gasteiger partial charge in [0.15, 0.2) is 0 Å². The number of benzene rings is 1. The molecule has 0 unspecified atom stereocenters. The Labute approximate surface area is 173 Å². The number of hydrogen-bond donors (Lipinski definition) is 3. The fraction of sp³-hybridized carbons (Fsp3) is 0.565. The van der Waals surface area contributed by atoms with Gasteiger partial charge in [0, 0.05) is 24.1 Å². The Hall–Kier alpha value is -2.18. The third kappa shape index (κ3) is 4.38. The van der Waals surface area contributed by atoms with Gasteiger partial charge in [-0.25, -0.2) is 9.59 Å². The van der Waals surface area contributed by atoms with Gasteiger partial charge in [0.05, 0.1) is 12.2 Å². The SMILES string of the molecule is CNCCO[C@]1(c2ccccc2)C[C@H]2CC[C@]1(C)C2(C)C.O=C(O)C=CC(=O)O. The van der Waals surface area contributed by atoms with Gasteiger partial charge >= 0.3 is 11.9 Å². The molecule has 1 aromatic carbocycles. The van der Waals surface area contributed by atoms with Gasteiger partial charge in [-0.15, -0.1) is 0 Å². The van der Waals surface area contributed by atoms with E-state index in [9.17, 15) is 9.59 Å². The predicted molar refractivity (Wildman–Crippen MR) is 112 cm³/mol. The Morgan fingerprint density at radius 2 is 1.72 bits per heavy atom. The van der Waals surface area contributed by atoms with Crippen LogP contribution in [-0.4, -0.2) is 42.4 Å². The summed E-state index contributed by atoms with van der Waals surface area (Å²) >= 11 is 0. The highest BCUT2D eigenvalue weighted by molar-refractivity contribution is 5.89. The van der Waals surface area contributed by atoms with E-state index in [2.05, 4.69) is 56.4 Å². The van der Waals surface area contributed by atoms with Crippen LogP contribution in [0.4, 0.5) is 0 Å². The molecule has 2 saturated carbocycles. The minimum absolute atomic E-state index is 0.114. The molecule has 3 atom stereocenters. The van der Waals surface area contributed by atoms with Crippen LogP contribution in [0.25, 0.3) is 0 Å². The van der Waals surface area contributed by atoms with Gasteiger partial charge < -0.3 is 20.3 Å². The molecule has 0 heterocycles. The largest absolute Gasteiger partial charge is 0.478 e. The molecular formula is C23H33NO5. The number of carboxylic acids is 2. The molecule has 2 bridgehead atoms. The van der Waals surface area contributed by atoms with E-state index >= 15 is 0 Å². The van der Waals surface area contributed by atoms with Gasteiger partial charge in [-0.1, -0.05) is 51.1 Å². The average Bonchev–Trinajstić information content (AvgIpc) is 3.00. The van der Waals surface area contributed by atoms with Crippen molar-refractivity contribution in [3.63, 3.8) is 0 Å². The van der Waals surface area contributed by atoms with Gasteiger partial charge in [0.1, 0.15) is 0 Å². The number of hydrogen-bond acceptors (Lipinski definition) is 4. The van der Waals surface area contributed by atoms with Crippen LogP contribution in [0.2, 0.25) is 0 Å². The molecule has 0 radical (unpaired) electrons. The van der Waals surface area contributed by atoms with Crippen molar-refractivity contribution in [2.75, 3.05) is 20.2 Å². The average molecular weight is 404 g/mol. The third-order valence-electron chi connectivity index (χ3n) is 7.17. The maximum atomic E-state index is 9.55. The third-order valence-corrected chi connectivity index (χ3v) is 7.17. The first-order valence-corrected chi connectivity index (χ1v) is 10.1. The van der Waals surface area contributed by atoms with Crippen molar-refractivity contribution >= 4 is 11.9 Å². The lowest BCUT2D eigenvalue weighted by atomic mass is 9.62. The molecule has 3 rings (SSSR count). The Balaban J connectivity index is 0.000000321. The van der Waals surface area contributed by atoms with Crippen LogP contribution in [0.3, 0.4) is 0 Å². The lowest BCUT2D eigenvalue weighted by molar-refractivity contribution is -0.145. The van der Waals surface area contributed by atoms with Gasteiger partial charge in [-0.05, 0) is 43.2 Å². The lowest BCUT2D eigenvalue weighted by Gasteiger charge is -2.49. The summed E-state index contributed by atoms with van der Waals surface area (Å²) in [6.45, 7) is 9.07. The quantitative estimate of drug-likeness (QED) is 0.475. The minimum Gasteiger partial charge on any atom is -0.478 e. The van der Waals surface area contributed by atoms with E-state index in [0.717, 1.165) is 19.1 Å². The van der Waals surface area contributed by atoms with Crippen molar-refractivity contribution in [1.29, 1.82) is 0 Å². The summed E-state index contributed by atoms with van der Waals surface area (Å²) in [4.78, 5) is 19.1. The predicted octanol–water partition coefficient (Wildman–Crippen LogP) is 3.68. The standard InChI is InChI=1S/C19H29NO.C4H4O4/c1-17(2)16-10-11-18(17,3)19(14-16,21-13-12-20-4)15-8-6-5-7-9-15;5-3(6)1-2-4(7)8/h5-9,16,20H,10-14H2,1-4H3;1-2H,(H,5,6)(H,7,8)/t16-,18-,19+;/m1./s1. The Morgan fingerprint density at radius 3 is 2.14 bits per heavy atom. The van der Waals surface area contributed by atoms with Crippen molar-refractivity contribution < 1.29 is 24.5 Å². The molecule has 3 N–H and O–H groups in total. The van der Waals surface area contributed by atoms with Crippen molar-refractivity contribution in [3.8, 4) is 0 Å². The molecule has 2 fully saturated rings. The van der Waals surface area contributed by atoms with Crippen LogP contribution in [-0.2, 0) is 19.9 Å². The first kappa shape index (κ1) is 23.1. The number of carbonyl (C=O) groups is 2. The minimum atomic E-state index is -1.26. The zero-order chi connectivity index (χ0) is 21.7. The van der Waals surface area contributed by atoms with Crippen molar-refractivity contribution in [2.45, 2.75) is 45.6 Å². The van der Waals surface area contributed by atoms with Crippen LogP contribution >= 0.6 is 0 Å². The number of ether oxygens (including phenoxy) is 1. The molecule has 2 aliphatic carbocycles. The van der Waals surface area contributed by atoms with Crippen molar-refractivity contribution in [3.05, 3.63) is 48.0 Å². The molecule has 0 spiro atoms. The van der Waals surface area contributed by atoms with Crippen LogP contribution < -0.4 is 5.32 Å². The van der Waals surface area contributed by atoms with E-state index in [-0.39, 0.29) is 11.0 Å². The Morgan fingerprint density at radius 1 is 1.14 bits per heavy atom. The fourth-order valence-electron chi connectivity index (χ4n) is 5.16. The number of aliphatic carboxylic acids is 2. The van der Waals surface area contributed by atoms with Crippen LogP contribution in [0, 0.1) is 16.7 Å². The molecule has 160 valence electrons. The topological polar surface area (TPSA) is 95.9 Å². The van der Waals surface area contributed by atoms with Gasteiger partial charge in [-0.3, -0.25) is 0 Å². The van der Waals surface area contributed by atoms with Gasteiger partial charge in [-0.2, -0.15) is 0 Å². The molecule has 1 aromatic rings. The van der Waals surface area contributed by atoms with E-state index in [1.54, 1.807) is 0 Å². The second-order valence-electron chi connectivity index (χ2n) is 8.65. The fourth-order valence-corrected chi connectivity index (χ4v) is 5.16. The second-order valence-corrected chi connectivity index (χ2v) is 8.65. The maximum absolute atomic E-state index is 9.55. The van der Waals surface area contributed by atoms with Gasteiger partial charge in [0.25, 0.3) is 0 Å². The van der Waals surface area contributed by atoms with Crippen molar-refractivity contribution in [1.82, 2.24) is 5.32 Å². The number of likely N-dealkylation sites (N-methyl/N-ethyl adjacent to an activating group) is 1. The molecule has 0 aromatic heterocycles. The number of nitrogens with one attached hydrogen (secondary N) is 1. The highest BCUT2D eigenvalue weighted by Crippen LogP contribution is 2.73.